The predicted molar refractivity (Wildman–Crippen MR) is 53.6 cm³/mol. The molecule has 0 aromatic carbocycles. The van der Waals surface area contributed by atoms with Gasteiger partial charge in [0.25, 0.3) is 0 Å². The Bertz CT molecular complexity index is 296. The molecule has 1 aliphatic heterocycles. The summed E-state index contributed by atoms with van der Waals surface area (Å²) in [6.07, 6.45) is 2.07. The third-order valence-electron chi connectivity index (χ3n) is 2.51. The fourth-order valence-corrected chi connectivity index (χ4v) is 1.57. The lowest BCUT2D eigenvalue weighted by Gasteiger charge is -2.25. The molecule has 15 heavy (non-hydrogen) atoms. The quantitative estimate of drug-likeness (QED) is 0.642. The average molecular weight is 209 g/mol. The van der Waals surface area contributed by atoms with E-state index in [0.717, 1.165) is 6.42 Å². The van der Waals surface area contributed by atoms with Crippen molar-refractivity contribution < 1.29 is 9.59 Å². The molecule has 0 aromatic heterocycles. The topological polar surface area (TPSA) is 82.0 Å². The van der Waals surface area contributed by atoms with E-state index in [9.17, 15) is 9.59 Å². The van der Waals surface area contributed by atoms with Crippen LogP contribution in [0.1, 0.15) is 32.6 Å². The molecule has 5 nitrogen and oxygen atoms in total. The van der Waals surface area contributed by atoms with Crippen LogP contribution in [0, 0.1) is 11.3 Å². The summed E-state index contributed by atoms with van der Waals surface area (Å²) >= 11 is 0. The highest BCUT2D eigenvalue weighted by Gasteiger charge is 2.27. The summed E-state index contributed by atoms with van der Waals surface area (Å²) in [4.78, 5) is 22.3. The molecule has 82 valence electrons. The second-order valence-corrected chi connectivity index (χ2v) is 3.64. The monoisotopic (exact) mass is 209 g/mol. The number of piperidine rings is 1. The van der Waals surface area contributed by atoms with Crippen LogP contribution in [0.3, 0.4) is 0 Å². The molecule has 2 unspecified atom stereocenters. The lowest BCUT2D eigenvalue weighted by atomic mass is 10.0. The maximum absolute atomic E-state index is 11.4. The molecule has 2 N–H and O–H groups in total. The van der Waals surface area contributed by atoms with Gasteiger partial charge in [-0.3, -0.25) is 14.9 Å². The van der Waals surface area contributed by atoms with Gasteiger partial charge in [-0.15, -0.1) is 0 Å². The molecule has 0 aromatic rings. The van der Waals surface area contributed by atoms with E-state index < -0.39 is 0 Å². The molecule has 0 aliphatic carbocycles. The lowest BCUT2D eigenvalue weighted by Crippen LogP contribution is -2.53. The van der Waals surface area contributed by atoms with Gasteiger partial charge < -0.3 is 5.32 Å². The van der Waals surface area contributed by atoms with Crippen molar-refractivity contribution in [2.24, 2.45) is 0 Å². The zero-order chi connectivity index (χ0) is 11.3. The van der Waals surface area contributed by atoms with E-state index in [1.165, 1.54) is 0 Å². The van der Waals surface area contributed by atoms with Gasteiger partial charge in [0.15, 0.2) is 0 Å². The molecule has 1 fully saturated rings. The van der Waals surface area contributed by atoms with Crippen molar-refractivity contribution in [2.45, 2.75) is 44.7 Å². The third-order valence-corrected chi connectivity index (χ3v) is 2.51. The number of nitriles is 1. The first kappa shape index (κ1) is 11.7. The van der Waals surface area contributed by atoms with E-state index in [0.29, 0.717) is 19.3 Å². The zero-order valence-electron chi connectivity index (χ0n) is 8.75. The Morgan fingerprint density at radius 1 is 1.67 bits per heavy atom. The number of carbonyl (C=O) groups is 2. The minimum atomic E-state index is -0.332. The van der Waals surface area contributed by atoms with Gasteiger partial charge in [0.1, 0.15) is 0 Å². The van der Waals surface area contributed by atoms with Crippen LogP contribution in [0.5, 0.6) is 0 Å². The molecule has 1 saturated heterocycles. The molecule has 5 heteroatoms. The van der Waals surface area contributed by atoms with Crippen LogP contribution < -0.4 is 10.6 Å². The number of imide groups is 1. The maximum Gasteiger partial charge on any atom is 0.243 e. The molecule has 1 heterocycles. The third kappa shape index (κ3) is 3.33. The highest BCUT2D eigenvalue weighted by molar-refractivity contribution is 6.00. The van der Waals surface area contributed by atoms with E-state index in [1.807, 2.05) is 6.92 Å². The summed E-state index contributed by atoms with van der Waals surface area (Å²) in [5, 5.41) is 13.9. The van der Waals surface area contributed by atoms with Crippen molar-refractivity contribution in [3.05, 3.63) is 0 Å². The minimum Gasteiger partial charge on any atom is -0.302 e. The summed E-state index contributed by atoms with van der Waals surface area (Å²) < 4.78 is 0. The average Bonchev–Trinajstić information content (AvgIpc) is 2.21. The van der Waals surface area contributed by atoms with Gasteiger partial charge in [0.05, 0.1) is 18.5 Å². The lowest BCUT2D eigenvalue weighted by molar-refractivity contribution is -0.134. The van der Waals surface area contributed by atoms with Gasteiger partial charge in [-0.25, -0.2) is 0 Å². The fourth-order valence-electron chi connectivity index (χ4n) is 1.57. The number of amides is 2. The maximum atomic E-state index is 11.4. The first-order valence-electron chi connectivity index (χ1n) is 5.14. The van der Waals surface area contributed by atoms with Crippen LogP contribution in [0.2, 0.25) is 0 Å². The molecular formula is C10H15N3O2. The normalized spacial score (nSPS) is 23.1. The first-order valence-corrected chi connectivity index (χ1v) is 5.14. The number of hydrogen-bond acceptors (Lipinski definition) is 4. The molecule has 0 bridgehead atoms. The second kappa shape index (κ2) is 5.47. The minimum absolute atomic E-state index is 0.0268. The standard InChI is InChI=1S/C10H15N3O2/c1-2-7(5-6-11)12-8-3-4-9(14)13-10(8)15/h7-8,12H,2-5H2,1H3,(H,13,14,15). The SMILES string of the molecule is CCC(CC#N)NC1CCC(=O)NC1=O. The Labute approximate surface area is 88.8 Å². The van der Waals surface area contributed by atoms with E-state index in [4.69, 9.17) is 5.26 Å². The second-order valence-electron chi connectivity index (χ2n) is 3.64. The zero-order valence-corrected chi connectivity index (χ0v) is 8.75. The molecule has 0 radical (unpaired) electrons. The van der Waals surface area contributed by atoms with Gasteiger partial charge in [0, 0.05) is 12.5 Å². The van der Waals surface area contributed by atoms with Crippen molar-refractivity contribution in [1.82, 2.24) is 10.6 Å². The first-order chi connectivity index (χ1) is 7.17. The molecule has 2 amide bonds. The van der Waals surface area contributed by atoms with Gasteiger partial charge in [-0.05, 0) is 12.8 Å². The van der Waals surface area contributed by atoms with E-state index >= 15 is 0 Å². The van der Waals surface area contributed by atoms with Gasteiger partial charge in [0.2, 0.25) is 11.8 Å². The van der Waals surface area contributed by atoms with Crippen LogP contribution >= 0.6 is 0 Å². The number of hydrogen-bond donors (Lipinski definition) is 2. The molecule has 0 saturated carbocycles. The van der Waals surface area contributed by atoms with Crippen molar-refractivity contribution in [3.63, 3.8) is 0 Å². The Hall–Kier alpha value is -1.41. The van der Waals surface area contributed by atoms with Crippen LogP contribution in [0.15, 0.2) is 0 Å². The number of nitrogens with one attached hydrogen (secondary N) is 2. The highest BCUT2D eigenvalue weighted by atomic mass is 16.2. The van der Waals surface area contributed by atoms with Gasteiger partial charge in [-0.1, -0.05) is 6.92 Å². The summed E-state index contributed by atoms with van der Waals surface area (Å²) in [5.41, 5.74) is 0. The molecule has 1 rings (SSSR count). The van der Waals surface area contributed by atoms with Crippen molar-refractivity contribution in [2.75, 3.05) is 0 Å². The largest absolute Gasteiger partial charge is 0.302 e. The van der Waals surface area contributed by atoms with Crippen LogP contribution in [0.25, 0.3) is 0 Å². The highest BCUT2D eigenvalue weighted by Crippen LogP contribution is 2.07. The van der Waals surface area contributed by atoms with Crippen LogP contribution in [0.4, 0.5) is 0 Å². The van der Waals surface area contributed by atoms with Crippen molar-refractivity contribution >= 4 is 11.8 Å². The molecule has 2 atom stereocenters. The summed E-state index contributed by atoms with van der Waals surface area (Å²) in [5.74, 6) is -0.492. The van der Waals surface area contributed by atoms with E-state index in [1.54, 1.807) is 0 Å². The summed E-state index contributed by atoms with van der Waals surface area (Å²) in [6.45, 7) is 1.96. The van der Waals surface area contributed by atoms with E-state index in [-0.39, 0.29) is 23.9 Å². The van der Waals surface area contributed by atoms with Crippen LogP contribution in [-0.4, -0.2) is 23.9 Å². The summed E-state index contributed by atoms with van der Waals surface area (Å²) in [6, 6.07) is 1.77. The van der Waals surface area contributed by atoms with Gasteiger partial charge in [-0.2, -0.15) is 5.26 Å². The summed E-state index contributed by atoms with van der Waals surface area (Å²) in [7, 11) is 0. The Kier molecular flexibility index (Phi) is 4.25. The molecule has 1 aliphatic rings. The van der Waals surface area contributed by atoms with Crippen molar-refractivity contribution in [3.8, 4) is 6.07 Å². The fraction of sp³-hybridized carbons (Fsp3) is 0.700. The molecule has 0 spiro atoms. The Morgan fingerprint density at radius 2 is 2.40 bits per heavy atom. The van der Waals surface area contributed by atoms with E-state index in [2.05, 4.69) is 16.7 Å². The van der Waals surface area contributed by atoms with Crippen LogP contribution in [-0.2, 0) is 9.59 Å². The smallest absolute Gasteiger partial charge is 0.243 e. The Balaban J connectivity index is 2.47. The van der Waals surface area contributed by atoms with Gasteiger partial charge >= 0.3 is 0 Å². The Morgan fingerprint density at radius 3 is 2.93 bits per heavy atom. The molecular weight excluding hydrogens is 194 g/mol. The van der Waals surface area contributed by atoms with Crippen molar-refractivity contribution in [1.29, 1.82) is 5.26 Å². The predicted octanol–water partition coefficient (Wildman–Crippen LogP) is 0.0735. The number of carbonyl (C=O) groups excluding carboxylic acids is 2. The number of rotatable bonds is 4. The number of nitrogens with zero attached hydrogens (tertiary/aromatic N) is 1.